The van der Waals surface area contributed by atoms with Crippen molar-refractivity contribution in [3.05, 3.63) is 103 Å². The second-order valence-corrected chi connectivity index (χ2v) is 10.1. The Morgan fingerprint density at radius 3 is 2.34 bits per heavy atom. The number of benzene rings is 2. The summed E-state index contributed by atoms with van der Waals surface area (Å²) in [6, 6.07) is 14.3. The van der Waals surface area contributed by atoms with Crippen molar-refractivity contribution in [2.75, 3.05) is 4.72 Å². The molecule has 0 bridgehead atoms. The largest absolute Gasteiger partial charge is 0.494 e. The summed E-state index contributed by atoms with van der Waals surface area (Å²) in [6.45, 7) is 0. The van der Waals surface area contributed by atoms with E-state index in [1.54, 1.807) is 30.4 Å². The van der Waals surface area contributed by atoms with Gasteiger partial charge in [-0.05, 0) is 54.1 Å². The molecule has 0 aliphatic heterocycles. The summed E-state index contributed by atoms with van der Waals surface area (Å²) in [4.78, 5) is 36.4. The molecule has 0 aliphatic rings. The van der Waals surface area contributed by atoms with Crippen molar-refractivity contribution >= 4 is 51.6 Å². The summed E-state index contributed by atoms with van der Waals surface area (Å²) in [6.07, 6.45) is 6.06. The van der Waals surface area contributed by atoms with E-state index in [1.807, 2.05) is 12.1 Å². The van der Waals surface area contributed by atoms with Crippen LogP contribution in [-0.4, -0.2) is 38.8 Å². The first kappa shape index (κ1) is 26.5. The van der Waals surface area contributed by atoms with Crippen LogP contribution in [0, 0.1) is 0 Å². The lowest BCUT2D eigenvalue weighted by atomic mass is 10.2. The van der Waals surface area contributed by atoms with Gasteiger partial charge in [-0.25, -0.2) is 27.9 Å². The van der Waals surface area contributed by atoms with Crippen LogP contribution in [0.15, 0.2) is 80.3 Å². The van der Waals surface area contributed by atoms with Gasteiger partial charge in [-0.3, -0.25) is 18.9 Å². The third-order valence-corrected chi connectivity index (χ3v) is 6.97. The van der Waals surface area contributed by atoms with Gasteiger partial charge < -0.3 is 5.11 Å². The Balaban J connectivity index is 1.50. The Labute approximate surface area is 222 Å². The van der Waals surface area contributed by atoms with Gasteiger partial charge in [0.05, 0.1) is 16.3 Å². The lowest BCUT2D eigenvalue weighted by molar-refractivity contribution is 0.410. The molecule has 194 valence electrons. The predicted molar refractivity (Wildman–Crippen MR) is 146 cm³/mol. The zero-order chi connectivity index (χ0) is 27.4. The van der Waals surface area contributed by atoms with Crippen LogP contribution in [0.1, 0.15) is 16.8 Å². The SMILES string of the molecule is Cn1c(O)c(C=Nc2ccc(S(=O)(=O)Nc3nccc(/C=C/c4ccc(Cl)cc4)n3)cc2)c(=O)n(C)c1=O. The minimum Gasteiger partial charge on any atom is -0.494 e. The molecule has 0 saturated heterocycles. The highest BCUT2D eigenvalue weighted by atomic mass is 35.5. The van der Waals surface area contributed by atoms with Gasteiger partial charge in [0.25, 0.3) is 15.6 Å². The molecule has 2 heterocycles. The topological polar surface area (TPSA) is 149 Å². The molecule has 4 rings (SSSR count). The molecule has 0 saturated carbocycles. The van der Waals surface area contributed by atoms with E-state index in [0.717, 1.165) is 20.9 Å². The number of hydrogen-bond donors (Lipinski definition) is 2. The number of sulfonamides is 1. The molecule has 0 fully saturated rings. The first-order valence-electron chi connectivity index (χ1n) is 11.0. The summed E-state index contributed by atoms with van der Waals surface area (Å²) in [5.41, 5.74) is 0.108. The molecule has 0 radical (unpaired) electrons. The summed E-state index contributed by atoms with van der Waals surface area (Å²) in [7, 11) is -1.42. The molecule has 0 aliphatic carbocycles. The first-order chi connectivity index (χ1) is 18.0. The second-order valence-electron chi connectivity index (χ2n) is 7.99. The molecule has 38 heavy (non-hydrogen) atoms. The number of rotatable bonds is 7. The van der Waals surface area contributed by atoms with Gasteiger partial charge >= 0.3 is 5.69 Å². The third kappa shape index (κ3) is 5.88. The smallest absolute Gasteiger partial charge is 0.333 e. The molecular formula is C25H21ClN6O5S. The summed E-state index contributed by atoms with van der Waals surface area (Å²) < 4.78 is 29.8. The van der Waals surface area contributed by atoms with Gasteiger partial charge in [0, 0.05) is 31.5 Å². The van der Waals surface area contributed by atoms with E-state index in [9.17, 15) is 23.1 Å². The van der Waals surface area contributed by atoms with Gasteiger partial charge in [-0.15, -0.1) is 0 Å². The van der Waals surface area contributed by atoms with Crippen molar-refractivity contribution < 1.29 is 13.5 Å². The molecule has 0 spiro atoms. The maximum Gasteiger partial charge on any atom is 0.333 e. The van der Waals surface area contributed by atoms with Crippen molar-refractivity contribution in [3.63, 3.8) is 0 Å². The van der Waals surface area contributed by atoms with E-state index in [0.29, 0.717) is 16.4 Å². The number of nitrogens with zero attached hydrogens (tertiary/aromatic N) is 5. The Kier molecular flexibility index (Phi) is 7.55. The lowest BCUT2D eigenvalue weighted by Crippen LogP contribution is -2.38. The van der Waals surface area contributed by atoms with Gasteiger partial charge in [0.1, 0.15) is 5.56 Å². The van der Waals surface area contributed by atoms with Crippen molar-refractivity contribution in [1.82, 2.24) is 19.1 Å². The number of anilines is 1. The van der Waals surface area contributed by atoms with Gasteiger partial charge in [-0.2, -0.15) is 0 Å². The summed E-state index contributed by atoms with van der Waals surface area (Å²) in [5.74, 6) is -0.637. The van der Waals surface area contributed by atoms with Gasteiger partial charge in [-0.1, -0.05) is 29.8 Å². The normalized spacial score (nSPS) is 11.9. The van der Waals surface area contributed by atoms with Crippen LogP contribution in [0.5, 0.6) is 5.88 Å². The average molecular weight is 553 g/mol. The van der Waals surface area contributed by atoms with Crippen LogP contribution in [0.3, 0.4) is 0 Å². The minimum atomic E-state index is -4.01. The number of aromatic nitrogens is 4. The quantitative estimate of drug-likeness (QED) is 0.335. The Morgan fingerprint density at radius 2 is 1.66 bits per heavy atom. The van der Waals surface area contributed by atoms with E-state index >= 15 is 0 Å². The molecule has 0 unspecified atom stereocenters. The number of hydrogen-bond acceptors (Lipinski definition) is 8. The summed E-state index contributed by atoms with van der Waals surface area (Å²) in [5, 5.41) is 10.7. The maximum atomic E-state index is 12.8. The number of aromatic hydroxyl groups is 1. The Hall–Kier alpha value is -4.55. The monoisotopic (exact) mass is 552 g/mol. The zero-order valence-corrected chi connectivity index (χ0v) is 21.7. The fraction of sp³-hybridized carbons (Fsp3) is 0.0800. The molecule has 13 heteroatoms. The first-order valence-corrected chi connectivity index (χ1v) is 12.8. The lowest BCUT2D eigenvalue weighted by Gasteiger charge is -2.08. The van der Waals surface area contributed by atoms with Crippen LogP contribution >= 0.6 is 11.6 Å². The zero-order valence-electron chi connectivity index (χ0n) is 20.1. The van der Waals surface area contributed by atoms with Crippen molar-refractivity contribution in [2.24, 2.45) is 19.1 Å². The minimum absolute atomic E-state index is 0.0666. The van der Waals surface area contributed by atoms with E-state index in [4.69, 9.17) is 11.6 Å². The summed E-state index contributed by atoms with van der Waals surface area (Å²) >= 11 is 5.89. The fourth-order valence-electron chi connectivity index (χ4n) is 3.27. The molecule has 0 amide bonds. The van der Waals surface area contributed by atoms with Crippen LogP contribution in [0.25, 0.3) is 12.2 Å². The molecule has 0 atom stereocenters. The van der Waals surface area contributed by atoms with Crippen LogP contribution < -0.4 is 16.0 Å². The third-order valence-electron chi connectivity index (χ3n) is 5.38. The van der Waals surface area contributed by atoms with Crippen LogP contribution in [0.4, 0.5) is 11.6 Å². The second kappa shape index (κ2) is 10.8. The van der Waals surface area contributed by atoms with Crippen molar-refractivity contribution in [2.45, 2.75) is 4.90 Å². The predicted octanol–water partition coefficient (Wildman–Crippen LogP) is 2.95. The molecule has 4 aromatic rings. The van der Waals surface area contributed by atoms with E-state index in [1.165, 1.54) is 44.6 Å². The van der Waals surface area contributed by atoms with Crippen LogP contribution in [-0.2, 0) is 24.1 Å². The number of nitrogens with one attached hydrogen (secondary N) is 1. The Bertz CT molecular complexity index is 1780. The highest BCUT2D eigenvalue weighted by Gasteiger charge is 2.16. The van der Waals surface area contributed by atoms with E-state index < -0.39 is 27.2 Å². The van der Waals surface area contributed by atoms with E-state index in [-0.39, 0.29) is 16.4 Å². The molecule has 11 nitrogen and oxygen atoms in total. The molecular weight excluding hydrogens is 532 g/mol. The molecule has 2 N–H and O–H groups in total. The number of aliphatic imine (C=N–C) groups is 1. The van der Waals surface area contributed by atoms with Crippen molar-refractivity contribution in [1.29, 1.82) is 0 Å². The number of halogens is 1. The van der Waals surface area contributed by atoms with Gasteiger partial charge in [0.2, 0.25) is 11.8 Å². The molecule has 2 aromatic heterocycles. The highest BCUT2D eigenvalue weighted by molar-refractivity contribution is 7.92. The average Bonchev–Trinajstić information content (AvgIpc) is 2.91. The fourth-order valence-corrected chi connectivity index (χ4v) is 4.35. The van der Waals surface area contributed by atoms with Crippen molar-refractivity contribution in [3.8, 4) is 5.88 Å². The van der Waals surface area contributed by atoms with Gasteiger partial charge in [0.15, 0.2) is 0 Å². The highest BCUT2D eigenvalue weighted by Crippen LogP contribution is 2.19. The van der Waals surface area contributed by atoms with E-state index in [2.05, 4.69) is 19.7 Å². The van der Waals surface area contributed by atoms with Crippen LogP contribution in [0.2, 0.25) is 5.02 Å². The Morgan fingerprint density at radius 1 is 0.974 bits per heavy atom. The standard InChI is InChI=1S/C25H21ClN6O5S/c1-31-22(33)21(23(34)32(2)25(31)35)15-28-18-9-11-20(12-10-18)38(36,37)30-24-27-14-13-19(29-24)8-5-16-3-6-17(26)7-4-16/h3-15,33H,1-2H3,(H,27,29,30)/b8-5+,28-15?. The maximum absolute atomic E-state index is 12.8. The molecule has 2 aromatic carbocycles.